The second-order valence-electron chi connectivity index (χ2n) is 3.22. The van der Waals surface area contributed by atoms with Crippen molar-refractivity contribution in [2.24, 2.45) is 5.73 Å². The number of carbonyl (C=O) groups excluding carboxylic acids is 1. The molecule has 1 atom stereocenters. The molecule has 0 aliphatic heterocycles. The summed E-state index contributed by atoms with van der Waals surface area (Å²) in [6.45, 7) is 1.94. The maximum atomic E-state index is 10.9. The van der Waals surface area contributed by atoms with Gasteiger partial charge in [-0.3, -0.25) is 4.79 Å². The second-order valence-corrected chi connectivity index (χ2v) is 4.27. The Bertz CT molecular complexity index is 322. The normalized spacial score (nSPS) is 12.2. The molecule has 4 heteroatoms. The van der Waals surface area contributed by atoms with Gasteiger partial charge in [-0.25, -0.2) is 0 Å². The molecule has 0 saturated carbocycles. The van der Waals surface area contributed by atoms with Crippen LogP contribution in [0.15, 0.2) is 29.2 Å². The van der Waals surface area contributed by atoms with Crippen molar-refractivity contribution in [3.05, 3.63) is 29.8 Å². The number of benzene rings is 1. The van der Waals surface area contributed by atoms with Crippen molar-refractivity contribution >= 4 is 17.7 Å². The van der Waals surface area contributed by atoms with E-state index in [2.05, 4.69) is 4.74 Å². The maximum absolute atomic E-state index is 10.9. The van der Waals surface area contributed by atoms with Crippen LogP contribution in [-0.4, -0.2) is 18.8 Å². The minimum Gasteiger partial charge on any atom is -0.468 e. The molecule has 3 nitrogen and oxygen atoms in total. The van der Waals surface area contributed by atoms with Crippen LogP contribution in [0.5, 0.6) is 0 Å². The molecule has 0 aliphatic rings. The molecule has 0 fully saturated rings. The monoisotopic (exact) mass is 225 g/mol. The Morgan fingerprint density at radius 1 is 1.47 bits per heavy atom. The Kier molecular flexibility index (Phi) is 4.65. The van der Waals surface area contributed by atoms with E-state index < -0.39 is 0 Å². The van der Waals surface area contributed by atoms with Crippen molar-refractivity contribution in [3.63, 3.8) is 0 Å². The second kappa shape index (κ2) is 5.78. The van der Waals surface area contributed by atoms with Crippen molar-refractivity contribution in [1.82, 2.24) is 0 Å². The first-order valence-electron chi connectivity index (χ1n) is 4.68. The number of hydrogen-bond acceptors (Lipinski definition) is 4. The lowest BCUT2D eigenvalue weighted by Gasteiger charge is -2.06. The van der Waals surface area contributed by atoms with Gasteiger partial charge >= 0.3 is 5.97 Å². The Morgan fingerprint density at radius 3 is 2.53 bits per heavy atom. The molecule has 82 valence electrons. The highest BCUT2D eigenvalue weighted by atomic mass is 32.2. The Balaban J connectivity index is 2.53. The third kappa shape index (κ3) is 3.93. The summed E-state index contributed by atoms with van der Waals surface area (Å²) in [7, 11) is 1.39. The molecule has 1 rings (SSSR count). The zero-order valence-electron chi connectivity index (χ0n) is 8.90. The van der Waals surface area contributed by atoms with Crippen molar-refractivity contribution in [1.29, 1.82) is 0 Å². The van der Waals surface area contributed by atoms with Gasteiger partial charge in [0.15, 0.2) is 0 Å². The SMILES string of the molecule is COC(=O)CSc1ccc(C(C)N)cc1. The fourth-order valence-corrected chi connectivity index (χ4v) is 1.80. The van der Waals surface area contributed by atoms with E-state index in [1.54, 1.807) is 0 Å². The smallest absolute Gasteiger partial charge is 0.315 e. The average molecular weight is 225 g/mol. The third-order valence-corrected chi connectivity index (χ3v) is 2.98. The number of hydrogen-bond donors (Lipinski definition) is 1. The number of nitrogens with two attached hydrogens (primary N) is 1. The van der Waals surface area contributed by atoms with E-state index in [9.17, 15) is 4.79 Å². The van der Waals surface area contributed by atoms with Gasteiger partial charge in [0.25, 0.3) is 0 Å². The molecule has 0 heterocycles. The summed E-state index contributed by atoms with van der Waals surface area (Å²) in [6.07, 6.45) is 0. The molecule has 1 aromatic carbocycles. The quantitative estimate of drug-likeness (QED) is 0.628. The van der Waals surface area contributed by atoms with E-state index in [-0.39, 0.29) is 12.0 Å². The molecular weight excluding hydrogens is 210 g/mol. The highest BCUT2D eigenvalue weighted by Crippen LogP contribution is 2.20. The van der Waals surface area contributed by atoms with Crippen molar-refractivity contribution in [3.8, 4) is 0 Å². The molecule has 0 amide bonds. The molecule has 1 unspecified atom stereocenters. The van der Waals surface area contributed by atoms with Crippen molar-refractivity contribution in [2.45, 2.75) is 17.9 Å². The summed E-state index contributed by atoms with van der Waals surface area (Å²) in [5.41, 5.74) is 6.82. The van der Waals surface area contributed by atoms with Gasteiger partial charge in [0.2, 0.25) is 0 Å². The summed E-state index contributed by atoms with van der Waals surface area (Å²) in [5.74, 6) is 0.130. The van der Waals surface area contributed by atoms with Gasteiger partial charge in [0.1, 0.15) is 0 Å². The fourth-order valence-electron chi connectivity index (χ4n) is 1.07. The lowest BCUT2D eigenvalue weighted by Crippen LogP contribution is -2.04. The van der Waals surface area contributed by atoms with E-state index in [0.717, 1.165) is 10.5 Å². The highest BCUT2D eigenvalue weighted by Gasteiger charge is 2.03. The number of thioether (sulfide) groups is 1. The van der Waals surface area contributed by atoms with E-state index in [0.29, 0.717) is 5.75 Å². The molecule has 0 radical (unpaired) electrons. The number of rotatable bonds is 4. The number of carbonyl (C=O) groups is 1. The van der Waals surface area contributed by atoms with E-state index in [1.165, 1.54) is 18.9 Å². The van der Waals surface area contributed by atoms with Crippen molar-refractivity contribution < 1.29 is 9.53 Å². The van der Waals surface area contributed by atoms with Crippen LogP contribution in [0.3, 0.4) is 0 Å². The van der Waals surface area contributed by atoms with Crippen LogP contribution < -0.4 is 5.73 Å². The molecule has 0 saturated heterocycles. The van der Waals surface area contributed by atoms with Gasteiger partial charge < -0.3 is 10.5 Å². The van der Waals surface area contributed by atoms with Gasteiger partial charge in [0, 0.05) is 10.9 Å². The third-order valence-electron chi connectivity index (χ3n) is 1.99. The first kappa shape index (κ1) is 12.1. The summed E-state index contributed by atoms with van der Waals surface area (Å²) in [5, 5.41) is 0. The van der Waals surface area contributed by atoms with Crippen LogP contribution in [-0.2, 0) is 9.53 Å². The average Bonchev–Trinajstić information content (AvgIpc) is 2.26. The number of esters is 1. The predicted octanol–water partition coefficient (Wildman–Crippen LogP) is 1.97. The Labute approximate surface area is 94.0 Å². The number of methoxy groups -OCH3 is 1. The molecule has 0 spiro atoms. The molecule has 2 N–H and O–H groups in total. The Morgan fingerprint density at radius 2 is 2.07 bits per heavy atom. The van der Waals surface area contributed by atoms with Gasteiger partial charge in [0.05, 0.1) is 12.9 Å². The minimum atomic E-state index is -0.212. The van der Waals surface area contributed by atoms with Gasteiger partial charge in [-0.15, -0.1) is 11.8 Å². The first-order chi connectivity index (χ1) is 7.13. The summed E-state index contributed by atoms with van der Waals surface area (Å²) >= 11 is 1.46. The summed E-state index contributed by atoms with van der Waals surface area (Å²) in [6, 6.07) is 7.93. The predicted molar refractivity (Wildman–Crippen MR) is 61.8 cm³/mol. The van der Waals surface area contributed by atoms with Crippen LogP contribution in [0.4, 0.5) is 0 Å². The first-order valence-corrected chi connectivity index (χ1v) is 5.67. The zero-order chi connectivity index (χ0) is 11.3. The van der Waals surface area contributed by atoms with Crippen molar-refractivity contribution in [2.75, 3.05) is 12.9 Å². The van der Waals surface area contributed by atoms with Gasteiger partial charge in [-0.1, -0.05) is 12.1 Å². The van der Waals surface area contributed by atoms with Crippen LogP contribution in [0.1, 0.15) is 18.5 Å². The minimum absolute atomic E-state index is 0.0460. The summed E-state index contributed by atoms with van der Waals surface area (Å²) < 4.78 is 4.55. The fraction of sp³-hybridized carbons (Fsp3) is 0.364. The molecule has 0 aliphatic carbocycles. The standard InChI is InChI=1S/C11H15NO2S/c1-8(12)9-3-5-10(6-4-9)15-7-11(13)14-2/h3-6,8H,7,12H2,1-2H3. The lowest BCUT2D eigenvalue weighted by molar-refractivity contribution is -0.137. The maximum Gasteiger partial charge on any atom is 0.315 e. The lowest BCUT2D eigenvalue weighted by atomic mass is 10.1. The van der Waals surface area contributed by atoms with Crippen LogP contribution >= 0.6 is 11.8 Å². The topological polar surface area (TPSA) is 52.3 Å². The molecule has 15 heavy (non-hydrogen) atoms. The van der Waals surface area contributed by atoms with Crippen LogP contribution in [0.2, 0.25) is 0 Å². The van der Waals surface area contributed by atoms with Crippen LogP contribution in [0.25, 0.3) is 0 Å². The van der Waals surface area contributed by atoms with Gasteiger partial charge in [-0.2, -0.15) is 0 Å². The molecular formula is C11H15NO2S. The summed E-state index contributed by atoms with van der Waals surface area (Å²) in [4.78, 5) is 11.9. The Hall–Kier alpha value is -1.00. The highest BCUT2D eigenvalue weighted by molar-refractivity contribution is 8.00. The van der Waals surface area contributed by atoms with E-state index >= 15 is 0 Å². The molecule has 0 bridgehead atoms. The largest absolute Gasteiger partial charge is 0.468 e. The zero-order valence-corrected chi connectivity index (χ0v) is 9.71. The van der Waals surface area contributed by atoms with E-state index in [4.69, 9.17) is 5.73 Å². The molecule has 1 aromatic rings. The molecule has 0 aromatic heterocycles. The van der Waals surface area contributed by atoms with E-state index in [1.807, 2.05) is 31.2 Å². The van der Waals surface area contributed by atoms with Crippen LogP contribution in [0, 0.1) is 0 Å². The number of ether oxygens (including phenoxy) is 1. The van der Waals surface area contributed by atoms with Gasteiger partial charge in [-0.05, 0) is 24.6 Å².